The third kappa shape index (κ3) is 4.26. The van der Waals surface area contributed by atoms with E-state index in [0.717, 1.165) is 0 Å². The second-order valence-electron chi connectivity index (χ2n) is 3.31. The van der Waals surface area contributed by atoms with E-state index in [2.05, 4.69) is 5.73 Å². The summed E-state index contributed by atoms with van der Waals surface area (Å²) in [6, 6.07) is 9.00. The van der Waals surface area contributed by atoms with Gasteiger partial charge in [0.2, 0.25) is 5.76 Å². The first-order chi connectivity index (χ1) is 7.27. The number of rotatable bonds is 1. The van der Waals surface area contributed by atoms with Gasteiger partial charge in [-0.3, -0.25) is 9.90 Å². The van der Waals surface area contributed by atoms with Crippen molar-refractivity contribution in [3.63, 3.8) is 0 Å². The minimum Gasteiger partial charge on any atom is -1.00 e. The maximum absolute atomic E-state index is 11.8. The van der Waals surface area contributed by atoms with Gasteiger partial charge in [-0.15, -0.1) is 0 Å². The molecule has 1 aliphatic heterocycles. The Morgan fingerprint density at radius 2 is 1.88 bits per heavy atom. The Bertz CT molecular complexity index is 441. The van der Waals surface area contributed by atoms with Gasteiger partial charge in [-0.1, -0.05) is 23.9 Å². The molecule has 1 amide bonds. The molecule has 1 heterocycles. The number of amides is 1. The molecule has 0 aromatic heterocycles. The molecule has 0 atom stereocenters. The molecular weight excluding hydrogens is 382 g/mol. The van der Waals surface area contributed by atoms with Crippen LogP contribution in [0.5, 0.6) is 0 Å². The molecule has 0 unspecified atom stereocenters. The molecular formula is C12H10INO2Zn-. The monoisotopic (exact) mass is 391 g/mol. The first kappa shape index (κ1) is 16.4. The van der Waals surface area contributed by atoms with Gasteiger partial charge in [0, 0.05) is 38.0 Å². The zero-order valence-electron chi connectivity index (χ0n) is 9.23. The van der Waals surface area contributed by atoms with Gasteiger partial charge in [-0.2, -0.15) is 0 Å². The summed E-state index contributed by atoms with van der Waals surface area (Å²) < 4.78 is 0. The standard InChI is InChI=1S/C12H10NO2.HI.Zn/c14-11-6-8-13(9-7-11)12(15)10-4-2-1-3-5-10;;/h1-5,9H,6,8H2;1H;/p-1. The summed E-state index contributed by atoms with van der Waals surface area (Å²) in [6.45, 7) is 0.444. The van der Waals surface area contributed by atoms with Crippen LogP contribution in [-0.2, 0) is 24.6 Å². The van der Waals surface area contributed by atoms with E-state index >= 15 is 0 Å². The van der Waals surface area contributed by atoms with Crippen LogP contribution >= 0.6 is 0 Å². The molecule has 3 nitrogen and oxygen atoms in total. The van der Waals surface area contributed by atoms with Crippen LogP contribution in [0.15, 0.2) is 48.0 Å². The maximum Gasteiger partial charge on any atom is 0.258 e. The topological polar surface area (TPSA) is 40.2 Å². The Hall–Kier alpha value is -0.637. The van der Waals surface area contributed by atoms with E-state index < -0.39 is 0 Å². The fourth-order valence-corrected chi connectivity index (χ4v) is 1.42. The minimum absolute atomic E-state index is 0. The number of carbonyl (C=O) groups excluding carboxylic acids is 1. The Balaban J connectivity index is 0.00000128. The van der Waals surface area contributed by atoms with Crippen LogP contribution in [0.3, 0.4) is 0 Å². The summed E-state index contributed by atoms with van der Waals surface area (Å²) in [7, 11) is 0. The van der Waals surface area contributed by atoms with Gasteiger partial charge >= 0.3 is 0 Å². The molecule has 85 valence electrons. The van der Waals surface area contributed by atoms with Crippen LogP contribution < -0.4 is 24.0 Å². The molecule has 2 rings (SSSR count). The summed E-state index contributed by atoms with van der Waals surface area (Å²) in [4.78, 5) is 13.4. The summed E-state index contributed by atoms with van der Waals surface area (Å²) in [5, 5.41) is 10.9. The summed E-state index contributed by atoms with van der Waals surface area (Å²) in [5.74, 6) is -0.136. The van der Waals surface area contributed by atoms with E-state index in [1.54, 1.807) is 12.1 Å². The molecule has 1 radical (unpaired) electrons. The second kappa shape index (κ2) is 7.64. The zero-order valence-corrected chi connectivity index (χ0v) is 14.4. The molecule has 1 aliphatic rings. The smallest absolute Gasteiger partial charge is 0.258 e. The van der Waals surface area contributed by atoms with Gasteiger partial charge < -0.3 is 28.9 Å². The van der Waals surface area contributed by atoms with E-state index in [1.807, 2.05) is 18.2 Å². The van der Waals surface area contributed by atoms with Crippen LogP contribution in [0.2, 0.25) is 0 Å². The van der Waals surface area contributed by atoms with Gasteiger partial charge in [0.05, 0.1) is 6.20 Å². The number of halogens is 1. The zero-order chi connectivity index (χ0) is 10.7. The average Bonchev–Trinajstić information content (AvgIpc) is 2.30. The Morgan fingerprint density at radius 3 is 2.41 bits per heavy atom. The third-order valence-corrected chi connectivity index (χ3v) is 2.24. The molecule has 0 bridgehead atoms. The Morgan fingerprint density at radius 1 is 1.24 bits per heavy atom. The molecule has 0 saturated carbocycles. The molecule has 0 spiro atoms. The molecule has 0 saturated heterocycles. The number of nitrogens with zero attached hydrogens (tertiary/aromatic N) is 1. The van der Waals surface area contributed by atoms with Crippen LogP contribution in [0.1, 0.15) is 16.8 Å². The summed E-state index contributed by atoms with van der Waals surface area (Å²) in [6.07, 6.45) is 1.79. The summed E-state index contributed by atoms with van der Waals surface area (Å²) in [5.41, 5.74) is 3.15. The van der Waals surface area contributed by atoms with E-state index in [4.69, 9.17) is 0 Å². The normalized spacial score (nSPS) is 13.2. The number of carbonyl (C=O) groups is 1. The fourth-order valence-electron chi connectivity index (χ4n) is 1.42. The first-order valence-electron chi connectivity index (χ1n) is 4.76. The predicted octanol–water partition coefficient (Wildman–Crippen LogP) is -1.04. The number of hydrogen-bond donors (Lipinski definition) is 0. The van der Waals surface area contributed by atoms with Crippen molar-refractivity contribution in [2.24, 2.45) is 0 Å². The molecule has 0 aliphatic carbocycles. The first-order valence-corrected chi connectivity index (χ1v) is 4.76. The minimum atomic E-state index is -0.0874. The molecule has 17 heavy (non-hydrogen) atoms. The summed E-state index contributed by atoms with van der Waals surface area (Å²) >= 11 is 0. The van der Waals surface area contributed by atoms with Crippen molar-refractivity contribution >= 4 is 5.91 Å². The molecule has 5 heteroatoms. The average molecular weight is 393 g/mol. The van der Waals surface area contributed by atoms with E-state index in [-0.39, 0.29) is 55.1 Å². The number of hydrogen-bond acceptors (Lipinski definition) is 1. The van der Waals surface area contributed by atoms with Crippen molar-refractivity contribution in [3.8, 4) is 0 Å². The van der Waals surface area contributed by atoms with Gasteiger partial charge in [0.15, 0.2) is 0 Å². The van der Waals surface area contributed by atoms with Crippen LogP contribution in [0.25, 0.3) is 0 Å². The molecule has 0 fully saturated rings. The SMILES string of the molecule is [I-].[O]C1=C=CN(C(=O)c2ccccc2)CC1.[Zn]. The Kier molecular flexibility index (Phi) is 7.36. The van der Waals surface area contributed by atoms with Gasteiger partial charge in [-0.05, 0) is 12.1 Å². The molecule has 1 aromatic rings. The van der Waals surface area contributed by atoms with E-state index in [0.29, 0.717) is 18.5 Å². The van der Waals surface area contributed by atoms with Crippen molar-refractivity contribution < 1.29 is 53.4 Å². The van der Waals surface area contributed by atoms with Crippen molar-refractivity contribution in [1.82, 2.24) is 4.90 Å². The maximum atomic E-state index is 11.8. The second-order valence-corrected chi connectivity index (χ2v) is 3.31. The quantitative estimate of drug-likeness (QED) is 0.342. The van der Waals surface area contributed by atoms with Crippen molar-refractivity contribution in [3.05, 3.63) is 53.6 Å². The van der Waals surface area contributed by atoms with Crippen molar-refractivity contribution in [2.45, 2.75) is 6.42 Å². The van der Waals surface area contributed by atoms with E-state index in [9.17, 15) is 9.90 Å². The van der Waals surface area contributed by atoms with Crippen LogP contribution in [-0.4, -0.2) is 17.4 Å². The number of benzene rings is 1. The van der Waals surface area contributed by atoms with Gasteiger partial charge in [-0.25, -0.2) is 0 Å². The van der Waals surface area contributed by atoms with Crippen molar-refractivity contribution in [1.29, 1.82) is 0 Å². The van der Waals surface area contributed by atoms with Gasteiger partial charge in [0.25, 0.3) is 5.91 Å². The molecule has 0 N–H and O–H groups in total. The Labute approximate surface area is 130 Å². The van der Waals surface area contributed by atoms with Gasteiger partial charge in [0.1, 0.15) is 0 Å². The molecule has 1 aromatic carbocycles. The predicted molar refractivity (Wildman–Crippen MR) is 54.4 cm³/mol. The fraction of sp³-hybridized carbons (Fsp3) is 0.167. The van der Waals surface area contributed by atoms with Crippen molar-refractivity contribution in [2.75, 3.05) is 6.54 Å². The largest absolute Gasteiger partial charge is 1.00 e. The van der Waals surface area contributed by atoms with Crippen LogP contribution in [0, 0.1) is 0 Å². The van der Waals surface area contributed by atoms with Crippen LogP contribution in [0.4, 0.5) is 0 Å². The third-order valence-electron chi connectivity index (χ3n) is 2.24. The van der Waals surface area contributed by atoms with E-state index in [1.165, 1.54) is 11.1 Å².